The Kier molecular flexibility index (Phi) is 7.29. The molecule has 2 atom stereocenters. The largest absolute Gasteiger partial charge is 0.355 e. The summed E-state index contributed by atoms with van der Waals surface area (Å²) in [5, 5.41) is 2.81. The highest BCUT2D eigenvalue weighted by Gasteiger charge is 2.12. The van der Waals surface area contributed by atoms with Gasteiger partial charge in [-0.05, 0) is 40.4 Å². The van der Waals surface area contributed by atoms with Gasteiger partial charge in [0, 0.05) is 12.6 Å². The summed E-state index contributed by atoms with van der Waals surface area (Å²) in [4.78, 5) is 13.5. The Morgan fingerprint density at radius 1 is 1.40 bits per heavy atom. The number of carbonyl (C=O) groups is 1. The molecule has 90 valence electrons. The zero-order chi connectivity index (χ0) is 11.8. The minimum Gasteiger partial charge on any atom is -0.355 e. The molecule has 0 heterocycles. The van der Waals surface area contributed by atoms with Crippen molar-refractivity contribution in [2.45, 2.75) is 31.8 Å². The first-order valence-electron chi connectivity index (χ1n) is 5.38. The van der Waals surface area contributed by atoms with E-state index in [2.05, 4.69) is 17.1 Å². The lowest BCUT2D eigenvalue weighted by Gasteiger charge is -2.20. The number of rotatable bonds is 7. The third-order valence-corrected chi connectivity index (χ3v) is 2.56. The summed E-state index contributed by atoms with van der Waals surface area (Å²) in [6.07, 6.45) is 1.46. The second-order valence-corrected chi connectivity index (χ2v) is 4.08. The quantitative estimate of drug-likeness (QED) is 0.516. The van der Waals surface area contributed by atoms with E-state index < -0.39 is 6.04 Å². The van der Waals surface area contributed by atoms with Crippen LogP contribution in [0.3, 0.4) is 0 Å². The standard InChI is InChI=1S/C10H24N4O/c1-8(14(2)3)5-7-13-10(15)9(12)4-6-11/h8-9H,4-7,11-12H2,1-3H3,(H,13,15). The van der Waals surface area contributed by atoms with Crippen LogP contribution in [0.25, 0.3) is 0 Å². The molecule has 0 bridgehead atoms. The molecule has 2 unspecified atom stereocenters. The van der Waals surface area contributed by atoms with Gasteiger partial charge in [0.1, 0.15) is 0 Å². The van der Waals surface area contributed by atoms with E-state index in [0.29, 0.717) is 25.6 Å². The Bertz CT molecular complexity index is 184. The van der Waals surface area contributed by atoms with Gasteiger partial charge in [0.05, 0.1) is 6.04 Å². The lowest BCUT2D eigenvalue weighted by atomic mass is 10.2. The van der Waals surface area contributed by atoms with Gasteiger partial charge in [0.15, 0.2) is 0 Å². The number of nitrogens with zero attached hydrogens (tertiary/aromatic N) is 1. The van der Waals surface area contributed by atoms with Crippen LogP contribution in [-0.4, -0.2) is 50.1 Å². The van der Waals surface area contributed by atoms with Gasteiger partial charge >= 0.3 is 0 Å². The minimum absolute atomic E-state index is 0.105. The normalized spacial score (nSPS) is 15.1. The summed E-state index contributed by atoms with van der Waals surface area (Å²) in [5.41, 5.74) is 10.9. The fourth-order valence-electron chi connectivity index (χ4n) is 1.10. The van der Waals surface area contributed by atoms with Crippen LogP contribution in [0.1, 0.15) is 19.8 Å². The fraction of sp³-hybridized carbons (Fsp3) is 0.900. The molecule has 0 rings (SSSR count). The molecule has 0 saturated carbocycles. The van der Waals surface area contributed by atoms with Crippen LogP contribution in [0.15, 0.2) is 0 Å². The number of nitrogens with two attached hydrogens (primary N) is 2. The number of hydrogen-bond donors (Lipinski definition) is 3. The van der Waals surface area contributed by atoms with E-state index in [0.717, 1.165) is 6.42 Å². The predicted molar refractivity (Wildman–Crippen MR) is 62.4 cm³/mol. The highest BCUT2D eigenvalue weighted by atomic mass is 16.2. The van der Waals surface area contributed by atoms with Crippen molar-refractivity contribution in [3.05, 3.63) is 0 Å². The smallest absolute Gasteiger partial charge is 0.236 e. The molecule has 5 nitrogen and oxygen atoms in total. The van der Waals surface area contributed by atoms with Crippen LogP contribution in [0.5, 0.6) is 0 Å². The molecule has 0 spiro atoms. The second kappa shape index (κ2) is 7.62. The number of carbonyl (C=O) groups excluding carboxylic acids is 1. The summed E-state index contributed by atoms with van der Waals surface area (Å²) in [6.45, 7) is 3.23. The molecular formula is C10H24N4O. The number of amides is 1. The van der Waals surface area contributed by atoms with Crippen molar-refractivity contribution in [3.8, 4) is 0 Å². The summed E-state index contributed by atoms with van der Waals surface area (Å²) < 4.78 is 0. The third kappa shape index (κ3) is 6.43. The van der Waals surface area contributed by atoms with Crippen LogP contribution in [-0.2, 0) is 4.79 Å². The molecule has 5 N–H and O–H groups in total. The van der Waals surface area contributed by atoms with Crippen LogP contribution in [0, 0.1) is 0 Å². The maximum absolute atomic E-state index is 11.4. The molecule has 0 aromatic carbocycles. The predicted octanol–water partition coefficient (Wildman–Crippen LogP) is -0.881. The summed E-state index contributed by atoms with van der Waals surface area (Å²) in [7, 11) is 4.04. The van der Waals surface area contributed by atoms with Gasteiger partial charge in [0.25, 0.3) is 0 Å². The molecular weight excluding hydrogens is 192 g/mol. The van der Waals surface area contributed by atoms with Crippen molar-refractivity contribution in [2.24, 2.45) is 11.5 Å². The van der Waals surface area contributed by atoms with E-state index >= 15 is 0 Å². The second-order valence-electron chi connectivity index (χ2n) is 4.08. The van der Waals surface area contributed by atoms with Crippen molar-refractivity contribution < 1.29 is 4.79 Å². The van der Waals surface area contributed by atoms with E-state index in [1.165, 1.54) is 0 Å². The lowest BCUT2D eigenvalue weighted by molar-refractivity contribution is -0.122. The Balaban J connectivity index is 3.63. The van der Waals surface area contributed by atoms with Gasteiger partial charge in [-0.25, -0.2) is 0 Å². The van der Waals surface area contributed by atoms with E-state index in [-0.39, 0.29) is 5.91 Å². The highest BCUT2D eigenvalue weighted by molar-refractivity contribution is 5.81. The molecule has 1 amide bonds. The van der Waals surface area contributed by atoms with Crippen molar-refractivity contribution in [3.63, 3.8) is 0 Å². The molecule has 0 aromatic heterocycles. The Morgan fingerprint density at radius 3 is 2.47 bits per heavy atom. The number of nitrogens with one attached hydrogen (secondary N) is 1. The topological polar surface area (TPSA) is 84.4 Å². The zero-order valence-electron chi connectivity index (χ0n) is 9.99. The van der Waals surface area contributed by atoms with Crippen LogP contribution in [0.2, 0.25) is 0 Å². The SMILES string of the molecule is CC(CCNC(=O)C(N)CCN)N(C)C. The van der Waals surface area contributed by atoms with Gasteiger partial charge in [-0.15, -0.1) is 0 Å². The molecule has 0 fully saturated rings. The molecule has 0 aliphatic carbocycles. The first-order chi connectivity index (χ1) is 6.99. The Hall–Kier alpha value is -0.650. The first kappa shape index (κ1) is 14.3. The van der Waals surface area contributed by atoms with Crippen LogP contribution < -0.4 is 16.8 Å². The monoisotopic (exact) mass is 216 g/mol. The van der Waals surface area contributed by atoms with Gasteiger partial charge in [-0.1, -0.05) is 0 Å². The van der Waals surface area contributed by atoms with Crippen LogP contribution >= 0.6 is 0 Å². The lowest BCUT2D eigenvalue weighted by Crippen LogP contribution is -2.43. The van der Waals surface area contributed by atoms with Crippen LogP contribution in [0.4, 0.5) is 0 Å². The van der Waals surface area contributed by atoms with Gasteiger partial charge in [-0.2, -0.15) is 0 Å². The van der Waals surface area contributed by atoms with Crippen molar-refractivity contribution in [1.29, 1.82) is 0 Å². The average molecular weight is 216 g/mol. The summed E-state index contributed by atoms with van der Waals surface area (Å²) in [6, 6.07) is -0.0132. The Labute approximate surface area is 92.2 Å². The van der Waals surface area contributed by atoms with Gasteiger partial charge in [-0.3, -0.25) is 4.79 Å². The average Bonchev–Trinajstić information content (AvgIpc) is 2.17. The van der Waals surface area contributed by atoms with Crippen molar-refractivity contribution >= 4 is 5.91 Å². The van der Waals surface area contributed by atoms with E-state index in [9.17, 15) is 4.79 Å². The van der Waals surface area contributed by atoms with E-state index in [1.807, 2.05) is 14.1 Å². The molecule has 5 heteroatoms. The molecule has 0 saturated heterocycles. The maximum Gasteiger partial charge on any atom is 0.236 e. The third-order valence-electron chi connectivity index (χ3n) is 2.56. The maximum atomic E-state index is 11.4. The van der Waals surface area contributed by atoms with E-state index in [1.54, 1.807) is 0 Å². The first-order valence-corrected chi connectivity index (χ1v) is 5.38. The molecule has 15 heavy (non-hydrogen) atoms. The summed E-state index contributed by atoms with van der Waals surface area (Å²) >= 11 is 0. The zero-order valence-corrected chi connectivity index (χ0v) is 9.99. The molecule has 0 aliphatic heterocycles. The van der Waals surface area contributed by atoms with Gasteiger partial charge < -0.3 is 21.7 Å². The summed E-state index contributed by atoms with van der Waals surface area (Å²) in [5.74, 6) is -0.105. The molecule has 0 aliphatic rings. The van der Waals surface area contributed by atoms with Crippen molar-refractivity contribution in [1.82, 2.24) is 10.2 Å². The van der Waals surface area contributed by atoms with Gasteiger partial charge in [0.2, 0.25) is 5.91 Å². The molecule has 0 radical (unpaired) electrons. The fourth-order valence-corrected chi connectivity index (χ4v) is 1.10. The Morgan fingerprint density at radius 2 is 2.00 bits per heavy atom. The van der Waals surface area contributed by atoms with E-state index in [4.69, 9.17) is 11.5 Å². The molecule has 0 aromatic rings. The highest BCUT2D eigenvalue weighted by Crippen LogP contribution is 1.96. The van der Waals surface area contributed by atoms with Crippen molar-refractivity contribution in [2.75, 3.05) is 27.2 Å². The minimum atomic E-state index is -0.468. The number of hydrogen-bond acceptors (Lipinski definition) is 4.